The Hall–Kier alpha value is -0.880. The second-order valence-corrected chi connectivity index (χ2v) is 6.26. The molecular formula is C15H20BrClN4. The molecule has 0 saturated heterocycles. The van der Waals surface area contributed by atoms with Gasteiger partial charge in [-0.3, -0.25) is 16.0 Å². The summed E-state index contributed by atoms with van der Waals surface area (Å²) in [5.41, 5.74) is 6.01. The summed E-state index contributed by atoms with van der Waals surface area (Å²) in [5, 5.41) is 5.19. The lowest BCUT2D eigenvalue weighted by molar-refractivity contribution is 0.495. The molecule has 4 nitrogen and oxygen atoms in total. The Balaban J connectivity index is 2.18. The Morgan fingerprint density at radius 2 is 2.10 bits per heavy atom. The van der Waals surface area contributed by atoms with Crippen LogP contribution in [0.15, 0.2) is 28.7 Å². The number of hydrogen-bond donors (Lipinski definition) is 2. The van der Waals surface area contributed by atoms with Gasteiger partial charge in [0.25, 0.3) is 0 Å². The van der Waals surface area contributed by atoms with E-state index in [4.69, 9.17) is 17.4 Å². The van der Waals surface area contributed by atoms with Gasteiger partial charge in [0.05, 0.1) is 16.4 Å². The third-order valence-corrected chi connectivity index (χ3v) is 4.82. The molecule has 0 aliphatic carbocycles. The van der Waals surface area contributed by atoms with Crippen molar-refractivity contribution in [1.29, 1.82) is 0 Å². The van der Waals surface area contributed by atoms with Crippen molar-refractivity contribution < 1.29 is 0 Å². The molecule has 2 aromatic rings. The van der Waals surface area contributed by atoms with Crippen molar-refractivity contribution in [2.75, 3.05) is 0 Å². The first-order valence-electron chi connectivity index (χ1n) is 6.98. The number of halogens is 2. The van der Waals surface area contributed by atoms with Gasteiger partial charge in [0, 0.05) is 23.5 Å². The van der Waals surface area contributed by atoms with Crippen molar-refractivity contribution in [2.45, 2.75) is 39.3 Å². The van der Waals surface area contributed by atoms with Gasteiger partial charge in [-0.1, -0.05) is 45.7 Å². The van der Waals surface area contributed by atoms with E-state index in [1.54, 1.807) is 0 Å². The largest absolute Gasteiger partial charge is 0.271 e. The minimum absolute atomic E-state index is 0.0996. The first-order chi connectivity index (χ1) is 10.1. The highest BCUT2D eigenvalue weighted by Crippen LogP contribution is 2.23. The first kappa shape index (κ1) is 16.5. The fourth-order valence-electron chi connectivity index (χ4n) is 2.42. The normalized spacial score (nSPS) is 12.6. The van der Waals surface area contributed by atoms with Crippen LogP contribution in [0.2, 0.25) is 5.02 Å². The lowest BCUT2D eigenvalue weighted by Crippen LogP contribution is -2.39. The van der Waals surface area contributed by atoms with Crippen molar-refractivity contribution in [2.24, 2.45) is 5.84 Å². The molecule has 6 heteroatoms. The second kappa shape index (κ2) is 7.40. The molecule has 1 aromatic heterocycles. The quantitative estimate of drug-likeness (QED) is 0.605. The maximum atomic E-state index is 6.37. The van der Waals surface area contributed by atoms with Crippen molar-refractivity contribution in [3.8, 4) is 0 Å². The summed E-state index contributed by atoms with van der Waals surface area (Å²) >= 11 is 9.94. The van der Waals surface area contributed by atoms with E-state index >= 15 is 0 Å². The Bertz CT molecular complexity index is 612. The van der Waals surface area contributed by atoms with Gasteiger partial charge in [-0.2, -0.15) is 5.10 Å². The van der Waals surface area contributed by atoms with E-state index in [2.05, 4.69) is 39.4 Å². The SMILES string of the molecule is CCn1nc(C)c(Cl)c1CC(Cc1ccccc1Br)NN. The molecule has 1 aromatic carbocycles. The number of nitrogens with two attached hydrogens (primary N) is 1. The molecule has 0 amide bonds. The van der Waals surface area contributed by atoms with E-state index in [0.29, 0.717) is 0 Å². The van der Waals surface area contributed by atoms with Gasteiger partial charge in [0.1, 0.15) is 0 Å². The minimum atomic E-state index is 0.0996. The number of hydrazine groups is 1. The van der Waals surface area contributed by atoms with Crippen molar-refractivity contribution >= 4 is 27.5 Å². The van der Waals surface area contributed by atoms with Crippen LogP contribution in [0.5, 0.6) is 0 Å². The summed E-state index contributed by atoms with van der Waals surface area (Å²) in [4.78, 5) is 0. The van der Waals surface area contributed by atoms with Crippen LogP contribution in [-0.4, -0.2) is 15.8 Å². The van der Waals surface area contributed by atoms with Crippen LogP contribution in [0.3, 0.4) is 0 Å². The number of hydrogen-bond acceptors (Lipinski definition) is 3. The Morgan fingerprint density at radius 3 is 2.71 bits per heavy atom. The fourth-order valence-corrected chi connectivity index (χ4v) is 3.08. The van der Waals surface area contributed by atoms with Crippen LogP contribution in [0, 0.1) is 6.92 Å². The third kappa shape index (κ3) is 3.86. The number of nitrogens with one attached hydrogen (secondary N) is 1. The van der Waals surface area contributed by atoms with Crippen LogP contribution < -0.4 is 11.3 Å². The van der Waals surface area contributed by atoms with Crippen LogP contribution in [-0.2, 0) is 19.4 Å². The molecule has 0 aliphatic rings. The van der Waals surface area contributed by atoms with E-state index < -0.39 is 0 Å². The zero-order chi connectivity index (χ0) is 15.4. The zero-order valence-electron chi connectivity index (χ0n) is 12.2. The van der Waals surface area contributed by atoms with Crippen LogP contribution >= 0.6 is 27.5 Å². The van der Waals surface area contributed by atoms with Gasteiger partial charge >= 0.3 is 0 Å². The van der Waals surface area contributed by atoms with Gasteiger partial charge in [-0.15, -0.1) is 0 Å². The second-order valence-electron chi connectivity index (χ2n) is 5.03. The summed E-state index contributed by atoms with van der Waals surface area (Å²) in [6.45, 7) is 4.79. The highest BCUT2D eigenvalue weighted by molar-refractivity contribution is 9.10. The maximum Gasteiger partial charge on any atom is 0.0847 e. The standard InChI is InChI=1S/C15H20BrClN4/c1-3-21-14(15(17)10(2)20-21)9-12(19-18)8-11-6-4-5-7-13(11)16/h4-7,12,19H,3,8-9,18H2,1-2H3. The highest BCUT2D eigenvalue weighted by atomic mass is 79.9. The average molecular weight is 372 g/mol. The molecule has 2 rings (SSSR count). The molecule has 0 aliphatic heterocycles. The predicted molar refractivity (Wildman–Crippen MR) is 90.3 cm³/mol. The Labute approximate surface area is 138 Å². The molecule has 0 radical (unpaired) electrons. The molecule has 0 spiro atoms. The van der Waals surface area contributed by atoms with Crippen molar-refractivity contribution in [3.63, 3.8) is 0 Å². The lowest BCUT2D eigenvalue weighted by atomic mass is 10.0. The first-order valence-corrected chi connectivity index (χ1v) is 8.15. The molecular weight excluding hydrogens is 352 g/mol. The number of nitrogens with zero attached hydrogens (tertiary/aromatic N) is 2. The summed E-state index contributed by atoms with van der Waals surface area (Å²) in [6.07, 6.45) is 1.56. The van der Waals surface area contributed by atoms with Crippen LogP contribution in [0.25, 0.3) is 0 Å². The summed E-state index contributed by atoms with van der Waals surface area (Å²) in [5.74, 6) is 5.73. The molecule has 1 unspecified atom stereocenters. The summed E-state index contributed by atoms with van der Waals surface area (Å²) in [7, 11) is 0. The summed E-state index contributed by atoms with van der Waals surface area (Å²) < 4.78 is 3.04. The molecule has 0 saturated carbocycles. The molecule has 0 fully saturated rings. The summed E-state index contributed by atoms with van der Waals surface area (Å²) in [6, 6.07) is 8.27. The predicted octanol–water partition coefficient (Wildman–Crippen LogP) is 3.24. The van der Waals surface area contributed by atoms with E-state index in [9.17, 15) is 0 Å². The van der Waals surface area contributed by atoms with Crippen LogP contribution in [0.4, 0.5) is 0 Å². The van der Waals surface area contributed by atoms with Crippen molar-refractivity contribution in [1.82, 2.24) is 15.2 Å². The third-order valence-electron chi connectivity index (χ3n) is 3.55. The zero-order valence-corrected chi connectivity index (χ0v) is 14.6. The number of aryl methyl sites for hydroxylation is 2. The fraction of sp³-hybridized carbons (Fsp3) is 0.400. The minimum Gasteiger partial charge on any atom is -0.271 e. The maximum absolute atomic E-state index is 6.37. The smallest absolute Gasteiger partial charge is 0.0847 e. The van der Waals surface area contributed by atoms with Gasteiger partial charge in [-0.05, 0) is 31.9 Å². The lowest BCUT2D eigenvalue weighted by Gasteiger charge is -2.17. The Morgan fingerprint density at radius 1 is 1.38 bits per heavy atom. The van der Waals surface area contributed by atoms with Gasteiger partial charge in [0.2, 0.25) is 0 Å². The van der Waals surface area contributed by atoms with Gasteiger partial charge in [0.15, 0.2) is 0 Å². The molecule has 114 valence electrons. The number of rotatable bonds is 6. The van der Waals surface area contributed by atoms with E-state index in [0.717, 1.165) is 40.3 Å². The monoisotopic (exact) mass is 370 g/mol. The van der Waals surface area contributed by atoms with Gasteiger partial charge < -0.3 is 0 Å². The molecule has 0 bridgehead atoms. The topological polar surface area (TPSA) is 55.9 Å². The number of benzene rings is 1. The average Bonchev–Trinajstić information content (AvgIpc) is 2.76. The van der Waals surface area contributed by atoms with Crippen molar-refractivity contribution in [3.05, 3.63) is 50.7 Å². The molecule has 3 N–H and O–H groups in total. The molecule has 1 heterocycles. The van der Waals surface area contributed by atoms with Crippen LogP contribution in [0.1, 0.15) is 23.9 Å². The molecule has 21 heavy (non-hydrogen) atoms. The van der Waals surface area contributed by atoms with E-state index in [1.807, 2.05) is 29.8 Å². The van der Waals surface area contributed by atoms with Gasteiger partial charge in [-0.25, -0.2) is 0 Å². The van der Waals surface area contributed by atoms with E-state index in [1.165, 1.54) is 5.56 Å². The van der Waals surface area contributed by atoms with E-state index in [-0.39, 0.29) is 6.04 Å². The highest BCUT2D eigenvalue weighted by Gasteiger charge is 2.18. The number of aromatic nitrogens is 2. The Kier molecular flexibility index (Phi) is 5.81. The molecule has 1 atom stereocenters.